The van der Waals surface area contributed by atoms with Crippen LogP contribution in [0.2, 0.25) is 10.0 Å². The normalized spacial score (nSPS) is 12.4. The van der Waals surface area contributed by atoms with Crippen molar-refractivity contribution in [1.29, 1.82) is 0 Å². The summed E-state index contributed by atoms with van der Waals surface area (Å²) < 4.78 is 25.9. The van der Waals surface area contributed by atoms with E-state index in [1.807, 2.05) is 24.3 Å². The zero-order valence-corrected chi connectivity index (χ0v) is 22.2. The summed E-state index contributed by atoms with van der Waals surface area (Å²) in [4.78, 5) is 6.65. The van der Waals surface area contributed by atoms with Gasteiger partial charge >= 0.3 is 0 Å². The molecule has 1 aromatic heterocycles. The second kappa shape index (κ2) is 11.9. The molecule has 0 amide bonds. The van der Waals surface area contributed by atoms with E-state index in [4.69, 9.17) is 38.4 Å². The number of benzene rings is 2. The Morgan fingerprint density at radius 2 is 1.63 bits per heavy atom. The Morgan fingerprint density at radius 1 is 0.971 bits per heavy atom. The third kappa shape index (κ3) is 6.78. The van der Waals surface area contributed by atoms with Gasteiger partial charge in [0.05, 0.1) is 5.02 Å². The molecule has 3 rings (SSSR count). The number of aromatic nitrogens is 1. The number of hydrogen-bond donors (Lipinski definition) is 1. The van der Waals surface area contributed by atoms with Crippen molar-refractivity contribution in [1.82, 2.24) is 9.88 Å². The average Bonchev–Trinajstić information content (AvgIpc) is 2.81. The van der Waals surface area contributed by atoms with Gasteiger partial charge in [0.2, 0.25) is 0 Å². The minimum absolute atomic E-state index is 0.0758. The molecule has 1 unspecified atom stereocenters. The van der Waals surface area contributed by atoms with Gasteiger partial charge in [-0.1, -0.05) is 35.3 Å². The quantitative estimate of drug-likeness (QED) is 0.282. The number of pyridine rings is 1. The molecule has 3 aromatic rings. The summed E-state index contributed by atoms with van der Waals surface area (Å²) >= 11 is 12.4. The van der Waals surface area contributed by atoms with Crippen LogP contribution in [0.25, 0.3) is 11.1 Å². The summed E-state index contributed by atoms with van der Waals surface area (Å²) in [5.41, 5.74) is 8.14. The third-order valence-electron chi connectivity index (χ3n) is 5.80. The lowest BCUT2D eigenvalue weighted by atomic mass is 10.1. The van der Waals surface area contributed by atoms with Gasteiger partial charge in [-0.2, -0.15) is 0 Å². The number of nitrogens with two attached hydrogens (primary N) is 1. The predicted octanol–water partition coefficient (Wildman–Crippen LogP) is 7.41. The van der Waals surface area contributed by atoms with E-state index in [2.05, 4.69) is 37.6 Å². The summed E-state index contributed by atoms with van der Waals surface area (Å²) in [5, 5.41) is 0.236. The van der Waals surface area contributed by atoms with E-state index >= 15 is 0 Å². The molecule has 0 aliphatic rings. The molecule has 0 aliphatic carbocycles. The van der Waals surface area contributed by atoms with Crippen LogP contribution < -0.4 is 15.2 Å². The Hall–Kier alpha value is -2.54. The van der Waals surface area contributed by atoms with Crippen molar-refractivity contribution in [3.05, 3.63) is 70.1 Å². The smallest absolute Gasteiger partial charge is 0.166 e. The molecule has 5 nitrogen and oxygen atoms in total. The van der Waals surface area contributed by atoms with Gasteiger partial charge in [-0.3, -0.25) is 4.90 Å². The third-order valence-corrected chi connectivity index (χ3v) is 6.52. The van der Waals surface area contributed by atoms with Gasteiger partial charge in [0.15, 0.2) is 11.6 Å². The number of anilines is 1. The molecule has 35 heavy (non-hydrogen) atoms. The number of nitrogens with zero attached hydrogens (tertiary/aromatic N) is 2. The average molecular weight is 520 g/mol. The predicted molar refractivity (Wildman–Crippen MR) is 142 cm³/mol. The fourth-order valence-corrected chi connectivity index (χ4v) is 4.68. The molecular weight excluding hydrogens is 488 g/mol. The maximum absolute atomic E-state index is 13.9. The molecule has 0 bridgehead atoms. The van der Waals surface area contributed by atoms with Gasteiger partial charge in [0, 0.05) is 41.0 Å². The van der Waals surface area contributed by atoms with Crippen molar-refractivity contribution in [3.8, 4) is 22.6 Å². The number of hydrogen-bond acceptors (Lipinski definition) is 5. The number of rotatable bonds is 10. The molecular formula is C27H32Cl2FN3O2. The number of halogens is 3. The highest BCUT2D eigenvalue weighted by Crippen LogP contribution is 2.37. The van der Waals surface area contributed by atoms with Crippen molar-refractivity contribution in [3.63, 3.8) is 0 Å². The summed E-state index contributed by atoms with van der Waals surface area (Å²) in [5.74, 6) is 0.799. The maximum atomic E-state index is 13.9. The van der Waals surface area contributed by atoms with E-state index < -0.39 is 11.9 Å². The zero-order valence-electron chi connectivity index (χ0n) is 20.7. The van der Waals surface area contributed by atoms with Crippen LogP contribution in [0.4, 0.5) is 10.2 Å². The zero-order chi connectivity index (χ0) is 25.7. The highest BCUT2D eigenvalue weighted by Gasteiger charge is 2.20. The lowest BCUT2D eigenvalue weighted by molar-refractivity contribution is 0.142. The van der Waals surface area contributed by atoms with Gasteiger partial charge in [0.25, 0.3) is 0 Å². The molecule has 2 aromatic carbocycles. The fourth-order valence-electron chi connectivity index (χ4n) is 4.00. The van der Waals surface area contributed by atoms with E-state index in [0.29, 0.717) is 35.0 Å². The topological polar surface area (TPSA) is 60.6 Å². The highest BCUT2D eigenvalue weighted by molar-refractivity contribution is 6.36. The van der Waals surface area contributed by atoms with Crippen LogP contribution >= 0.6 is 23.2 Å². The summed E-state index contributed by atoms with van der Waals surface area (Å²) in [6, 6.07) is 13.2. The Bertz CT molecular complexity index is 1130. The van der Waals surface area contributed by atoms with Gasteiger partial charge < -0.3 is 15.2 Å². The Morgan fingerprint density at radius 3 is 2.26 bits per heavy atom. The molecule has 188 valence electrons. The molecule has 0 saturated carbocycles. The monoisotopic (exact) mass is 519 g/mol. The first-order valence-electron chi connectivity index (χ1n) is 11.6. The fraction of sp³-hybridized carbons (Fsp3) is 0.370. The SMILES string of the molecule is CC(Oc1cc(-c2ccc(OCCN(C(C)C)C(C)C)cc2)cnc1N)c1c(Cl)ccc(F)c1Cl. The first-order chi connectivity index (χ1) is 16.6. The molecule has 2 N–H and O–H groups in total. The van der Waals surface area contributed by atoms with Crippen LogP contribution in [0.3, 0.4) is 0 Å². The summed E-state index contributed by atoms with van der Waals surface area (Å²) in [6.45, 7) is 12.0. The van der Waals surface area contributed by atoms with E-state index in [-0.39, 0.29) is 10.8 Å². The van der Waals surface area contributed by atoms with Gasteiger partial charge in [-0.15, -0.1) is 0 Å². The summed E-state index contributed by atoms with van der Waals surface area (Å²) in [6.07, 6.45) is 1.03. The van der Waals surface area contributed by atoms with Gasteiger partial charge in [-0.25, -0.2) is 9.37 Å². The second-order valence-corrected chi connectivity index (χ2v) is 9.71. The van der Waals surface area contributed by atoms with E-state index in [1.165, 1.54) is 12.1 Å². The largest absolute Gasteiger partial charge is 0.492 e. The minimum atomic E-state index is -0.642. The van der Waals surface area contributed by atoms with E-state index in [1.54, 1.807) is 19.2 Å². The first kappa shape index (κ1) is 27.1. The van der Waals surface area contributed by atoms with Gasteiger partial charge in [0.1, 0.15) is 24.3 Å². The van der Waals surface area contributed by atoms with Crippen molar-refractivity contribution in [2.75, 3.05) is 18.9 Å². The van der Waals surface area contributed by atoms with Crippen molar-refractivity contribution in [2.45, 2.75) is 52.8 Å². The van der Waals surface area contributed by atoms with E-state index in [9.17, 15) is 4.39 Å². The Balaban J connectivity index is 1.71. The van der Waals surface area contributed by atoms with Crippen LogP contribution in [-0.2, 0) is 0 Å². The van der Waals surface area contributed by atoms with E-state index in [0.717, 1.165) is 23.4 Å². The van der Waals surface area contributed by atoms with Gasteiger partial charge in [-0.05, 0) is 70.5 Å². The van der Waals surface area contributed by atoms with Crippen LogP contribution in [0.15, 0.2) is 48.7 Å². The Labute approximate surface area is 217 Å². The van der Waals surface area contributed by atoms with Crippen LogP contribution in [-0.4, -0.2) is 35.1 Å². The molecule has 0 saturated heterocycles. The van der Waals surface area contributed by atoms with Crippen molar-refractivity contribution < 1.29 is 13.9 Å². The number of ether oxygens (including phenoxy) is 2. The van der Waals surface area contributed by atoms with Crippen molar-refractivity contribution in [2.24, 2.45) is 0 Å². The minimum Gasteiger partial charge on any atom is -0.492 e. The molecule has 8 heteroatoms. The lowest BCUT2D eigenvalue weighted by Crippen LogP contribution is -2.39. The highest BCUT2D eigenvalue weighted by atomic mass is 35.5. The Kier molecular flexibility index (Phi) is 9.22. The summed E-state index contributed by atoms with van der Waals surface area (Å²) in [7, 11) is 0. The molecule has 0 radical (unpaired) electrons. The first-order valence-corrected chi connectivity index (χ1v) is 12.4. The van der Waals surface area contributed by atoms with Crippen LogP contribution in [0.1, 0.15) is 46.3 Å². The molecule has 0 aliphatic heterocycles. The molecule has 0 fully saturated rings. The molecule has 1 atom stereocenters. The van der Waals surface area contributed by atoms with Crippen LogP contribution in [0, 0.1) is 5.82 Å². The standard InChI is InChI=1S/C27H32Cl2FN3O2/c1-16(2)33(17(3)4)12-13-34-21-8-6-19(7-9-21)20-14-24(27(31)32-15-20)35-18(5)25-22(28)10-11-23(30)26(25)29/h6-11,14-18H,12-13H2,1-5H3,(H2,31,32). The molecule has 0 spiro atoms. The molecule has 1 heterocycles. The van der Waals surface area contributed by atoms with Crippen LogP contribution in [0.5, 0.6) is 11.5 Å². The van der Waals surface area contributed by atoms with Crippen molar-refractivity contribution >= 4 is 29.0 Å². The second-order valence-electron chi connectivity index (χ2n) is 8.92. The maximum Gasteiger partial charge on any atom is 0.166 e. The number of nitrogen functional groups attached to an aromatic ring is 1. The lowest BCUT2D eigenvalue weighted by Gasteiger charge is -2.30.